The third kappa shape index (κ3) is 5.63. The van der Waals surface area contributed by atoms with Crippen LogP contribution < -0.4 is 20.1 Å². The monoisotopic (exact) mass is 522 g/mol. The van der Waals surface area contributed by atoms with E-state index in [1.807, 2.05) is 5.32 Å². The molecule has 192 valence electrons. The maximum Gasteiger partial charge on any atom is 0.573 e. The van der Waals surface area contributed by atoms with Gasteiger partial charge < -0.3 is 20.1 Å². The third-order valence-electron chi connectivity index (χ3n) is 5.12. The van der Waals surface area contributed by atoms with Crippen molar-refractivity contribution in [1.82, 2.24) is 25.8 Å². The lowest BCUT2D eigenvalue weighted by molar-refractivity contribution is -0.274. The van der Waals surface area contributed by atoms with E-state index in [2.05, 4.69) is 25.2 Å². The van der Waals surface area contributed by atoms with Gasteiger partial charge in [-0.15, -0.1) is 13.2 Å². The zero-order chi connectivity index (χ0) is 34.2. The van der Waals surface area contributed by atoms with E-state index in [0.717, 1.165) is 36.5 Å². The van der Waals surface area contributed by atoms with Crippen LogP contribution in [0, 0.1) is 0 Å². The quantitative estimate of drug-likeness (QED) is 0.332. The highest BCUT2D eigenvalue weighted by Crippen LogP contribution is 2.29. The normalized spacial score (nSPS) is 16.8. The molecule has 0 aliphatic heterocycles. The summed E-state index contributed by atoms with van der Waals surface area (Å²) in [7, 11) is -3.09. The van der Waals surface area contributed by atoms with Crippen LogP contribution in [0.3, 0.4) is 0 Å². The number of methoxy groups -OCH3 is 1. The molecule has 0 spiro atoms. The Balaban J connectivity index is 1.72. The van der Waals surface area contributed by atoms with E-state index in [1.165, 1.54) is 18.2 Å². The lowest BCUT2D eigenvalue weighted by Gasteiger charge is -2.17. The van der Waals surface area contributed by atoms with E-state index in [0.29, 0.717) is 5.56 Å². The maximum absolute atomic E-state index is 13.5. The topological polar surface area (TPSA) is 118 Å². The minimum absolute atomic E-state index is 0.180. The average Bonchev–Trinajstić information content (AvgIpc) is 3.32. The highest BCUT2D eigenvalue weighted by molar-refractivity contribution is 6.05. The molecule has 12 heteroatoms. The second-order valence-corrected chi connectivity index (χ2v) is 7.49. The molecule has 9 nitrogen and oxygen atoms in total. The Bertz CT molecular complexity index is 1770. The van der Waals surface area contributed by atoms with Gasteiger partial charge >= 0.3 is 6.36 Å². The number of carbonyl (C=O) groups excluding carboxylic acids is 2. The Morgan fingerprint density at radius 2 is 1.97 bits per heavy atom. The summed E-state index contributed by atoms with van der Waals surface area (Å²) in [5.74, 6) is -3.60. The molecule has 4 rings (SSSR count). The van der Waals surface area contributed by atoms with Gasteiger partial charge in [0.2, 0.25) is 5.88 Å². The molecule has 4 aromatic rings. The molecule has 0 saturated carbocycles. The first-order chi connectivity index (χ1) is 21.1. The van der Waals surface area contributed by atoms with Gasteiger partial charge in [-0.05, 0) is 48.3 Å². The lowest BCUT2D eigenvalue weighted by atomic mass is 10.0. The van der Waals surface area contributed by atoms with Crippen molar-refractivity contribution in [3.8, 4) is 22.8 Å². The summed E-state index contributed by atoms with van der Waals surface area (Å²) in [6.07, 6.45) is -3.92. The molecule has 37 heavy (non-hydrogen) atoms. The van der Waals surface area contributed by atoms with Crippen molar-refractivity contribution in [2.24, 2.45) is 0 Å². The number of halogens is 3. The number of nitrogens with zero attached hydrogens (tertiary/aromatic N) is 2. The molecule has 3 N–H and O–H groups in total. The van der Waals surface area contributed by atoms with Crippen molar-refractivity contribution in [3.63, 3.8) is 0 Å². The predicted octanol–water partition coefficient (Wildman–Crippen LogP) is 4.38. The number of fused-ring (bicyclic) bond motifs is 1. The first kappa shape index (κ1) is 16.2. The fourth-order valence-electron chi connectivity index (χ4n) is 3.47. The van der Waals surface area contributed by atoms with Gasteiger partial charge in [-0.3, -0.25) is 14.7 Å². The Kier molecular flexibility index (Phi) is 4.45. The van der Waals surface area contributed by atoms with Crippen molar-refractivity contribution < 1.29 is 44.6 Å². The molecular formula is C25H22F3N5O4. The van der Waals surface area contributed by atoms with Gasteiger partial charge in [-0.1, -0.05) is 18.2 Å². The van der Waals surface area contributed by atoms with Crippen molar-refractivity contribution in [3.05, 3.63) is 71.5 Å². The van der Waals surface area contributed by atoms with Crippen LogP contribution in [-0.4, -0.2) is 47.4 Å². The van der Waals surface area contributed by atoms with Crippen LogP contribution in [0.5, 0.6) is 11.6 Å². The zero-order valence-electron chi connectivity index (χ0n) is 27.4. The molecule has 0 saturated heterocycles. The molecule has 0 fully saturated rings. The Hall–Kier alpha value is -4.61. The predicted molar refractivity (Wildman–Crippen MR) is 128 cm³/mol. The van der Waals surface area contributed by atoms with Crippen LogP contribution >= 0.6 is 0 Å². The number of nitrogens with one attached hydrogen (secondary N) is 3. The number of ether oxygens (including phenoxy) is 2. The minimum atomic E-state index is -5.07. The smallest absolute Gasteiger partial charge is 0.480 e. The van der Waals surface area contributed by atoms with Gasteiger partial charge in [0.15, 0.2) is 5.69 Å². The molecule has 0 aliphatic rings. The van der Waals surface area contributed by atoms with Crippen LogP contribution in [0.25, 0.3) is 22.0 Å². The maximum atomic E-state index is 13.5. The van der Waals surface area contributed by atoms with E-state index < -0.39 is 62.3 Å². The van der Waals surface area contributed by atoms with E-state index in [9.17, 15) is 22.8 Å². The second kappa shape index (κ2) is 10.2. The standard InChI is InChI=1S/C25H22F3N5O4/c1-13(14-5-4-6-17(9-14)37-25(26,27)28)31-22(34)19-10-16(12-30-24(19)36-3)15-7-8-18-20(11-15)32-33-21(18)23(35)29-2/h4-13H,1-3H3,(H,29,35)(H,31,34)(H,32,33)/t13-/m0/s1/i1D3,2D3,3D3. The molecule has 0 aliphatic carbocycles. The third-order valence-corrected chi connectivity index (χ3v) is 5.12. The fraction of sp³-hybridized carbons (Fsp3) is 0.200. The summed E-state index contributed by atoms with van der Waals surface area (Å²) in [5.41, 5.74) is -0.235. The lowest BCUT2D eigenvalue weighted by Crippen LogP contribution is -2.27. The van der Waals surface area contributed by atoms with Crippen LogP contribution in [0.15, 0.2) is 54.7 Å². The van der Waals surface area contributed by atoms with Gasteiger partial charge in [0.25, 0.3) is 11.8 Å². The molecule has 2 aromatic heterocycles. The number of hydrogen-bond donors (Lipinski definition) is 3. The number of hydrogen-bond acceptors (Lipinski definition) is 6. The SMILES string of the molecule is [2H]C([2H])([2H])NC(=O)c1n[nH]c2cc(-c3cnc(OC([2H])([2H])[2H])c(C(=O)N[C@H](c4cccc(OC(F)(F)F)c4)C([2H])([2H])[2H])c3)ccc12. The molecule has 0 bridgehead atoms. The first-order valence-corrected chi connectivity index (χ1v) is 10.3. The fourth-order valence-corrected chi connectivity index (χ4v) is 3.47. The number of alkyl halides is 3. The second-order valence-electron chi connectivity index (χ2n) is 7.49. The number of H-pyrrole nitrogens is 1. The van der Waals surface area contributed by atoms with Crippen molar-refractivity contribution in [2.75, 3.05) is 14.0 Å². The summed E-state index contributed by atoms with van der Waals surface area (Å²) >= 11 is 0. The largest absolute Gasteiger partial charge is 0.573 e. The van der Waals surface area contributed by atoms with Crippen molar-refractivity contribution in [2.45, 2.75) is 19.3 Å². The summed E-state index contributed by atoms with van der Waals surface area (Å²) in [6, 6.07) is 7.58. The van der Waals surface area contributed by atoms with Gasteiger partial charge in [-0.25, -0.2) is 4.98 Å². The number of amides is 2. The van der Waals surface area contributed by atoms with Gasteiger partial charge in [0, 0.05) is 32.3 Å². The van der Waals surface area contributed by atoms with E-state index >= 15 is 0 Å². The highest BCUT2D eigenvalue weighted by atomic mass is 19.4. The molecule has 1 atom stereocenters. The summed E-state index contributed by atoms with van der Waals surface area (Å²) in [6.45, 7) is -5.76. The number of pyridine rings is 1. The molecule has 2 aromatic carbocycles. The number of carbonyl (C=O) groups is 2. The van der Waals surface area contributed by atoms with E-state index in [1.54, 1.807) is 0 Å². The van der Waals surface area contributed by atoms with Gasteiger partial charge in [0.1, 0.15) is 11.3 Å². The molecule has 2 amide bonds. The summed E-state index contributed by atoms with van der Waals surface area (Å²) in [5, 5.41) is 10.7. The molecule has 2 heterocycles. The Morgan fingerprint density at radius 1 is 1.11 bits per heavy atom. The molecule has 0 unspecified atom stereocenters. The Morgan fingerprint density at radius 3 is 2.73 bits per heavy atom. The summed E-state index contributed by atoms with van der Waals surface area (Å²) < 4.78 is 115. The molecule has 0 radical (unpaired) electrons. The number of aromatic nitrogens is 3. The first-order valence-electron chi connectivity index (χ1n) is 14.8. The average molecular weight is 523 g/mol. The minimum Gasteiger partial charge on any atom is -0.480 e. The van der Waals surface area contributed by atoms with Crippen LogP contribution in [0.1, 0.15) is 51.6 Å². The van der Waals surface area contributed by atoms with Crippen molar-refractivity contribution >= 4 is 22.7 Å². The van der Waals surface area contributed by atoms with Crippen LogP contribution in [0.4, 0.5) is 13.2 Å². The molecular weight excluding hydrogens is 491 g/mol. The van der Waals surface area contributed by atoms with Gasteiger partial charge in [-0.2, -0.15) is 5.10 Å². The van der Waals surface area contributed by atoms with Crippen molar-refractivity contribution in [1.29, 1.82) is 0 Å². The summed E-state index contributed by atoms with van der Waals surface area (Å²) in [4.78, 5) is 29.8. The van der Waals surface area contributed by atoms with Crippen LogP contribution in [-0.2, 0) is 0 Å². The number of benzene rings is 2. The van der Waals surface area contributed by atoms with E-state index in [-0.39, 0.29) is 27.7 Å². The van der Waals surface area contributed by atoms with E-state index in [4.69, 9.17) is 17.1 Å². The Labute approximate surface area is 221 Å². The number of rotatable bonds is 7. The number of aromatic amines is 1. The van der Waals surface area contributed by atoms with Crippen LogP contribution in [0.2, 0.25) is 0 Å². The highest BCUT2D eigenvalue weighted by Gasteiger charge is 2.31. The zero-order valence-corrected chi connectivity index (χ0v) is 18.4. The van der Waals surface area contributed by atoms with Gasteiger partial charge in [0.05, 0.1) is 22.7 Å².